The van der Waals surface area contributed by atoms with Crippen LogP contribution in [0.4, 0.5) is 15.8 Å². The number of benzene rings is 3. The number of hydrogen-bond donors (Lipinski definition) is 2. The fraction of sp³-hybridized carbons (Fsp3) is 0.0500. The maximum absolute atomic E-state index is 13.7. The number of ether oxygens (including phenoxy) is 1. The normalized spacial score (nSPS) is 10.9. The molecule has 28 heavy (non-hydrogen) atoms. The van der Waals surface area contributed by atoms with Gasteiger partial charge in [-0.25, -0.2) is 12.8 Å². The van der Waals surface area contributed by atoms with E-state index in [4.69, 9.17) is 4.74 Å². The molecular weight excluding hydrogens is 383 g/mol. The van der Waals surface area contributed by atoms with Crippen molar-refractivity contribution in [3.63, 3.8) is 0 Å². The second-order valence-corrected chi connectivity index (χ2v) is 7.48. The van der Waals surface area contributed by atoms with Crippen LogP contribution in [-0.2, 0) is 10.0 Å². The zero-order valence-corrected chi connectivity index (χ0v) is 15.7. The molecule has 6 nitrogen and oxygen atoms in total. The number of nitrogens with one attached hydrogen (secondary N) is 2. The lowest BCUT2D eigenvalue weighted by Gasteiger charge is -2.11. The standard InChI is InChI=1S/C20H17FN2O4S/c1-27-16-8-4-6-14(12-16)20(24)22-15-7-5-9-17(13-15)28(25,26)23-19-11-3-2-10-18(19)21/h2-13,23H,1H3,(H,22,24). The minimum Gasteiger partial charge on any atom is -0.497 e. The summed E-state index contributed by atoms with van der Waals surface area (Å²) in [6, 6.07) is 17.7. The molecule has 1 amide bonds. The molecule has 0 spiro atoms. The first-order valence-electron chi connectivity index (χ1n) is 8.22. The highest BCUT2D eigenvalue weighted by Crippen LogP contribution is 2.22. The number of sulfonamides is 1. The lowest BCUT2D eigenvalue weighted by Crippen LogP contribution is -2.15. The molecule has 0 aliphatic heterocycles. The van der Waals surface area contributed by atoms with E-state index in [1.807, 2.05) is 0 Å². The zero-order valence-electron chi connectivity index (χ0n) is 14.8. The van der Waals surface area contributed by atoms with Crippen molar-refractivity contribution in [3.8, 4) is 5.75 Å². The quantitative estimate of drug-likeness (QED) is 0.658. The molecule has 0 aliphatic carbocycles. The van der Waals surface area contributed by atoms with Crippen molar-refractivity contribution >= 4 is 27.3 Å². The van der Waals surface area contributed by atoms with Crippen LogP contribution in [0.3, 0.4) is 0 Å². The molecule has 0 saturated carbocycles. The molecule has 3 rings (SSSR count). The third-order valence-corrected chi connectivity index (χ3v) is 5.22. The highest BCUT2D eigenvalue weighted by Gasteiger charge is 2.17. The highest BCUT2D eigenvalue weighted by atomic mass is 32.2. The maximum Gasteiger partial charge on any atom is 0.262 e. The van der Waals surface area contributed by atoms with E-state index >= 15 is 0 Å². The van der Waals surface area contributed by atoms with Gasteiger partial charge in [0.05, 0.1) is 17.7 Å². The van der Waals surface area contributed by atoms with E-state index in [2.05, 4.69) is 10.0 Å². The van der Waals surface area contributed by atoms with Gasteiger partial charge in [-0.2, -0.15) is 0 Å². The van der Waals surface area contributed by atoms with E-state index < -0.39 is 21.7 Å². The van der Waals surface area contributed by atoms with Crippen LogP contribution in [-0.4, -0.2) is 21.4 Å². The molecule has 0 heterocycles. The second-order valence-electron chi connectivity index (χ2n) is 5.80. The van der Waals surface area contributed by atoms with E-state index in [9.17, 15) is 17.6 Å². The van der Waals surface area contributed by atoms with E-state index in [-0.39, 0.29) is 16.3 Å². The third-order valence-electron chi connectivity index (χ3n) is 3.85. The third kappa shape index (κ3) is 4.47. The Morgan fingerprint density at radius 2 is 1.71 bits per heavy atom. The molecule has 0 fully saturated rings. The Morgan fingerprint density at radius 3 is 2.46 bits per heavy atom. The Kier molecular flexibility index (Phi) is 5.60. The summed E-state index contributed by atoms with van der Waals surface area (Å²) in [5.41, 5.74) is 0.481. The molecule has 2 N–H and O–H groups in total. The number of carbonyl (C=O) groups excluding carboxylic acids is 1. The van der Waals surface area contributed by atoms with Gasteiger partial charge in [-0.05, 0) is 48.5 Å². The van der Waals surface area contributed by atoms with Gasteiger partial charge in [-0.15, -0.1) is 0 Å². The average molecular weight is 400 g/mol. The minimum atomic E-state index is -4.03. The van der Waals surface area contributed by atoms with Crippen LogP contribution in [0.2, 0.25) is 0 Å². The Hall–Kier alpha value is -3.39. The minimum absolute atomic E-state index is 0.112. The summed E-state index contributed by atoms with van der Waals surface area (Å²) in [6.45, 7) is 0. The van der Waals surface area contributed by atoms with Gasteiger partial charge in [0.15, 0.2) is 0 Å². The van der Waals surface area contributed by atoms with Crippen molar-refractivity contribution in [3.05, 3.63) is 84.2 Å². The average Bonchev–Trinajstić information content (AvgIpc) is 2.70. The van der Waals surface area contributed by atoms with Crippen LogP contribution in [0.15, 0.2) is 77.7 Å². The number of amides is 1. The number of rotatable bonds is 6. The molecule has 0 aromatic heterocycles. The first-order chi connectivity index (χ1) is 13.4. The van der Waals surface area contributed by atoms with Gasteiger partial charge in [0, 0.05) is 11.3 Å². The van der Waals surface area contributed by atoms with Gasteiger partial charge < -0.3 is 10.1 Å². The molecule has 0 atom stereocenters. The monoisotopic (exact) mass is 400 g/mol. The van der Waals surface area contributed by atoms with Crippen LogP contribution in [0.25, 0.3) is 0 Å². The summed E-state index contributed by atoms with van der Waals surface area (Å²) < 4.78 is 46.1. The first-order valence-corrected chi connectivity index (χ1v) is 9.70. The van der Waals surface area contributed by atoms with E-state index in [1.54, 1.807) is 30.3 Å². The molecule has 0 bridgehead atoms. The van der Waals surface area contributed by atoms with Crippen molar-refractivity contribution in [2.75, 3.05) is 17.1 Å². The van der Waals surface area contributed by atoms with Crippen LogP contribution in [0.1, 0.15) is 10.4 Å². The van der Waals surface area contributed by atoms with E-state index in [0.29, 0.717) is 11.3 Å². The molecule has 3 aromatic rings. The Balaban J connectivity index is 1.81. The maximum atomic E-state index is 13.7. The molecular formula is C20H17FN2O4S. The molecule has 0 unspecified atom stereocenters. The first kappa shape index (κ1) is 19.4. The predicted molar refractivity (Wildman–Crippen MR) is 105 cm³/mol. The van der Waals surface area contributed by atoms with Gasteiger partial charge >= 0.3 is 0 Å². The van der Waals surface area contributed by atoms with Crippen LogP contribution in [0.5, 0.6) is 5.75 Å². The van der Waals surface area contributed by atoms with Crippen molar-refractivity contribution in [1.29, 1.82) is 0 Å². The van der Waals surface area contributed by atoms with Crippen molar-refractivity contribution < 1.29 is 22.3 Å². The molecule has 3 aromatic carbocycles. The summed E-state index contributed by atoms with van der Waals surface area (Å²) in [5, 5.41) is 2.64. The smallest absolute Gasteiger partial charge is 0.262 e. The van der Waals surface area contributed by atoms with Crippen LogP contribution in [0, 0.1) is 5.82 Å². The highest BCUT2D eigenvalue weighted by molar-refractivity contribution is 7.92. The number of hydrogen-bond acceptors (Lipinski definition) is 4. The SMILES string of the molecule is COc1cccc(C(=O)Nc2cccc(S(=O)(=O)Nc3ccccc3F)c2)c1. The van der Waals surface area contributed by atoms with Gasteiger partial charge in [0.1, 0.15) is 11.6 Å². The Morgan fingerprint density at radius 1 is 0.964 bits per heavy atom. The molecule has 8 heteroatoms. The number of carbonyl (C=O) groups is 1. The van der Waals surface area contributed by atoms with Gasteiger partial charge in [-0.1, -0.05) is 24.3 Å². The largest absolute Gasteiger partial charge is 0.497 e. The van der Waals surface area contributed by atoms with Gasteiger partial charge in [0.2, 0.25) is 0 Å². The number of para-hydroxylation sites is 1. The topological polar surface area (TPSA) is 84.5 Å². The second kappa shape index (κ2) is 8.10. The molecule has 0 aliphatic rings. The van der Waals surface area contributed by atoms with Crippen molar-refractivity contribution in [2.45, 2.75) is 4.90 Å². The summed E-state index contributed by atoms with van der Waals surface area (Å²) >= 11 is 0. The van der Waals surface area contributed by atoms with Gasteiger partial charge in [0.25, 0.3) is 15.9 Å². The fourth-order valence-corrected chi connectivity index (χ4v) is 3.57. The lowest BCUT2D eigenvalue weighted by molar-refractivity contribution is 0.102. The van der Waals surface area contributed by atoms with Crippen molar-refractivity contribution in [2.24, 2.45) is 0 Å². The summed E-state index contributed by atoms with van der Waals surface area (Å²) in [7, 11) is -2.54. The number of methoxy groups -OCH3 is 1. The summed E-state index contributed by atoms with van der Waals surface area (Å²) in [6.07, 6.45) is 0. The number of halogens is 1. The zero-order chi connectivity index (χ0) is 20.1. The molecule has 0 saturated heterocycles. The lowest BCUT2D eigenvalue weighted by atomic mass is 10.2. The Labute approximate surface area is 162 Å². The van der Waals surface area contributed by atoms with Crippen LogP contribution < -0.4 is 14.8 Å². The predicted octanol–water partition coefficient (Wildman–Crippen LogP) is 3.89. The number of anilines is 2. The van der Waals surface area contributed by atoms with E-state index in [0.717, 1.165) is 6.07 Å². The van der Waals surface area contributed by atoms with E-state index in [1.165, 1.54) is 43.5 Å². The molecule has 144 valence electrons. The summed E-state index contributed by atoms with van der Waals surface area (Å²) in [5.74, 6) is -0.581. The molecule has 0 radical (unpaired) electrons. The van der Waals surface area contributed by atoms with Crippen molar-refractivity contribution in [1.82, 2.24) is 0 Å². The summed E-state index contributed by atoms with van der Waals surface area (Å²) in [4.78, 5) is 12.3. The Bertz CT molecular complexity index is 1120. The van der Waals surface area contributed by atoms with Crippen LogP contribution >= 0.6 is 0 Å². The van der Waals surface area contributed by atoms with Gasteiger partial charge in [-0.3, -0.25) is 9.52 Å². The fourth-order valence-electron chi connectivity index (χ4n) is 2.46.